The molecular formula is C13H15F2NO. The third-order valence-corrected chi connectivity index (χ3v) is 2.18. The lowest BCUT2D eigenvalue weighted by molar-refractivity contribution is -0.0504. The van der Waals surface area contributed by atoms with Crippen LogP contribution in [0.5, 0.6) is 5.75 Å². The molecule has 0 aliphatic heterocycles. The third-order valence-electron chi connectivity index (χ3n) is 2.18. The lowest BCUT2D eigenvalue weighted by Crippen LogP contribution is -2.16. The highest BCUT2D eigenvalue weighted by atomic mass is 19.3. The van der Waals surface area contributed by atoms with E-state index in [0.717, 1.165) is 13.0 Å². The van der Waals surface area contributed by atoms with Gasteiger partial charge in [0.2, 0.25) is 0 Å². The van der Waals surface area contributed by atoms with E-state index in [1.807, 2.05) is 0 Å². The van der Waals surface area contributed by atoms with Crippen molar-refractivity contribution in [3.8, 4) is 18.1 Å². The van der Waals surface area contributed by atoms with Crippen molar-refractivity contribution >= 4 is 0 Å². The molecule has 17 heavy (non-hydrogen) atoms. The lowest BCUT2D eigenvalue weighted by atomic mass is 10.2. The number of alkyl halides is 2. The first-order valence-electron chi connectivity index (χ1n) is 5.41. The fraction of sp³-hybridized carbons (Fsp3) is 0.385. The predicted octanol–water partition coefficient (Wildman–Crippen LogP) is 2.79. The Balaban J connectivity index is 2.44. The van der Waals surface area contributed by atoms with Gasteiger partial charge in [0.05, 0.1) is 0 Å². The van der Waals surface area contributed by atoms with E-state index in [-0.39, 0.29) is 5.75 Å². The van der Waals surface area contributed by atoms with E-state index in [1.165, 1.54) is 6.07 Å². The molecule has 1 aromatic carbocycles. The standard InChI is InChI=1S/C13H15F2NO/c1-2-3-6-9-16-10-11-7-4-5-8-12(11)17-13(14)15/h1,4-5,7-8,13,16H,3,6,9-10H2. The highest BCUT2D eigenvalue weighted by molar-refractivity contribution is 5.33. The second-order valence-corrected chi connectivity index (χ2v) is 3.47. The van der Waals surface area contributed by atoms with Gasteiger partial charge in [0.15, 0.2) is 0 Å². The van der Waals surface area contributed by atoms with Crippen LogP contribution in [0.15, 0.2) is 24.3 Å². The Hall–Kier alpha value is -1.60. The van der Waals surface area contributed by atoms with E-state index >= 15 is 0 Å². The summed E-state index contributed by atoms with van der Waals surface area (Å²) in [5, 5.41) is 3.13. The van der Waals surface area contributed by atoms with Crippen molar-refractivity contribution in [1.82, 2.24) is 5.32 Å². The fourth-order valence-electron chi connectivity index (χ4n) is 1.40. The van der Waals surface area contributed by atoms with Crippen LogP contribution in [0.4, 0.5) is 8.78 Å². The van der Waals surface area contributed by atoms with Crippen LogP contribution < -0.4 is 10.1 Å². The Morgan fingerprint density at radius 1 is 1.35 bits per heavy atom. The van der Waals surface area contributed by atoms with Crippen LogP contribution in [-0.4, -0.2) is 13.2 Å². The van der Waals surface area contributed by atoms with E-state index < -0.39 is 6.61 Å². The van der Waals surface area contributed by atoms with Gasteiger partial charge in [-0.3, -0.25) is 0 Å². The van der Waals surface area contributed by atoms with Crippen LogP contribution in [-0.2, 0) is 6.54 Å². The third kappa shape index (κ3) is 5.32. The molecule has 0 saturated carbocycles. The number of halogens is 2. The molecule has 4 heteroatoms. The molecule has 2 nitrogen and oxygen atoms in total. The number of rotatable bonds is 7. The van der Waals surface area contributed by atoms with Crippen LogP contribution in [0.3, 0.4) is 0 Å². The lowest BCUT2D eigenvalue weighted by Gasteiger charge is -2.10. The minimum Gasteiger partial charge on any atom is -0.434 e. The van der Waals surface area contributed by atoms with Crippen LogP contribution in [0, 0.1) is 12.3 Å². The largest absolute Gasteiger partial charge is 0.434 e. The van der Waals surface area contributed by atoms with Crippen molar-refractivity contribution in [1.29, 1.82) is 0 Å². The highest BCUT2D eigenvalue weighted by Gasteiger charge is 2.08. The van der Waals surface area contributed by atoms with Crippen LogP contribution in [0.25, 0.3) is 0 Å². The van der Waals surface area contributed by atoms with Crippen LogP contribution >= 0.6 is 0 Å². The molecule has 0 spiro atoms. The van der Waals surface area contributed by atoms with E-state index in [1.54, 1.807) is 18.2 Å². The van der Waals surface area contributed by atoms with Gasteiger partial charge in [-0.1, -0.05) is 18.2 Å². The minimum absolute atomic E-state index is 0.215. The smallest absolute Gasteiger partial charge is 0.387 e. The Morgan fingerprint density at radius 3 is 2.82 bits per heavy atom. The fourth-order valence-corrected chi connectivity index (χ4v) is 1.40. The summed E-state index contributed by atoms with van der Waals surface area (Å²) in [6, 6.07) is 6.74. The van der Waals surface area contributed by atoms with E-state index in [4.69, 9.17) is 6.42 Å². The summed E-state index contributed by atoms with van der Waals surface area (Å²) >= 11 is 0. The number of para-hydroxylation sites is 1. The number of terminal acetylenes is 1. The first kappa shape index (κ1) is 13.5. The Kier molecular flexibility index (Phi) is 6.05. The average Bonchev–Trinajstić information content (AvgIpc) is 2.30. The van der Waals surface area contributed by atoms with Gasteiger partial charge >= 0.3 is 6.61 Å². The van der Waals surface area contributed by atoms with Crippen molar-refractivity contribution in [2.45, 2.75) is 26.0 Å². The topological polar surface area (TPSA) is 21.3 Å². The number of nitrogens with one attached hydrogen (secondary N) is 1. The van der Waals surface area contributed by atoms with Crippen molar-refractivity contribution in [3.05, 3.63) is 29.8 Å². The molecule has 0 radical (unpaired) electrons. The summed E-state index contributed by atoms with van der Waals surface area (Å²) in [6.07, 6.45) is 6.70. The molecule has 1 N–H and O–H groups in total. The first-order chi connectivity index (χ1) is 8.24. The maximum atomic E-state index is 12.1. The quantitative estimate of drug-likeness (QED) is 0.583. The summed E-state index contributed by atoms with van der Waals surface area (Å²) in [5.74, 6) is 2.75. The van der Waals surface area contributed by atoms with Crippen LogP contribution in [0.1, 0.15) is 18.4 Å². The molecule has 0 aliphatic carbocycles. The molecular weight excluding hydrogens is 224 g/mol. The van der Waals surface area contributed by atoms with E-state index in [2.05, 4.69) is 16.0 Å². The summed E-state index contributed by atoms with van der Waals surface area (Å²) in [5.41, 5.74) is 0.716. The molecule has 1 rings (SSSR count). The number of benzene rings is 1. The monoisotopic (exact) mass is 239 g/mol. The molecule has 0 aromatic heterocycles. The van der Waals surface area contributed by atoms with Gasteiger partial charge in [-0.25, -0.2) is 0 Å². The van der Waals surface area contributed by atoms with Gasteiger partial charge in [0.25, 0.3) is 0 Å². The maximum absolute atomic E-state index is 12.1. The summed E-state index contributed by atoms with van der Waals surface area (Å²) in [6.45, 7) is -1.54. The minimum atomic E-state index is -2.79. The number of ether oxygens (including phenoxy) is 1. The molecule has 0 heterocycles. The second kappa shape index (κ2) is 7.64. The van der Waals surface area contributed by atoms with Crippen LogP contribution in [0.2, 0.25) is 0 Å². The Bertz CT molecular complexity index is 374. The van der Waals surface area contributed by atoms with Crippen molar-refractivity contribution in [2.75, 3.05) is 6.54 Å². The first-order valence-corrected chi connectivity index (χ1v) is 5.41. The van der Waals surface area contributed by atoms with Crippen molar-refractivity contribution < 1.29 is 13.5 Å². The second-order valence-electron chi connectivity index (χ2n) is 3.47. The maximum Gasteiger partial charge on any atom is 0.387 e. The van der Waals surface area contributed by atoms with E-state index in [0.29, 0.717) is 18.5 Å². The molecule has 0 fully saturated rings. The zero-order valence-electron chi connectivity index (χ0n) is 9.46. The molecule has 0 unspecified atom stereocenters. The molecule has 0 saturated heterocycles. The van der Waals surface area contributed by atoms with Gasteiger partial charge in [-0.05, 0) is 19.0 Å². The zero-order valence-corrected chi connectivity index (χ0v) is 9.46. The summed E-state index contributed by atoms with van der Waals surface area (Å²) < 4.78 is 28.7. The van der Waals surface area contributed by atoms with Gasteiger partial charge in [-0.2, -0.15) is 8.78 Å². The zero-order chi connectivity index (χ0) is 12.5. The van der Waals surface area contributed by atoms with Gasteiger partial charge in [0.1, 0.15) is 5.75 Å². The molecule has 92 valence electrons. The normalized spacial score (nSPS) is 10.2. The predicted molar refractivity (Wildman–Crippen MR) is 62.8 cm³/mol. The Morgan fingerprint density at radius 2 is 2.12 bits per heavy atom. The molecule has 0 atom stereocenters. The summed E-state index contributed by atoms with van der Waals surface area (Å²) in [7, 11) is 0. The molecule has 0 amide bonds. The van der Waals surface area contributed by atoms with E-state index in [9.17, 15) is 8.78 Å². The number of hydrogen-bond donors (Lipinski definition) is 1. The SMILES string of the molecule is C#CCCCNCc1ccccc1OC(F)F. The van der Waals surface area contributed by atoms with Gasteiger partial charge < -0.3 is 10.1 Å². The number of unbranched alkanes of at least 4 members (excludes halogenated alkanes) is 1. The van der Waals surface area contributed by atoms with Gasteiger partial charge in [0, 0.05) is 18.5 Å². The molecule has 0 bridgehead atoms. The Labute approximate surface area is 100.0 Å². The average molecular weight is 239 g/mol. The number of hydrogen-bond acceptors (Lipinski definition) is 2. The summed E-state index contributed by atoms with van der Waals surface area (Å²) in [4.78, 5) is 0. The van der Waals surface area contributed by atoms with Gasteiger partial charge in [-0.15, -0.1) is 12.3 Å². The highest BCUT2D eigenvalue weighted by Crippen LogP contribution is 2.19. The molecule has 0 aliphatic rings. The van der Waals surface area contributed by atoms with Crippen molar-refractivity contribution in [2.24, 2.45) is 0 Å². The van der Waals surface area contributed by atoms with Crippen molar-refractivity contribution in [3.63, 3.8) is 0 Å². The molecule has 1 aromatic rings.